The van der Waals surface area contributed by atoms with E-state index in [1.54, 1.807) is 18.2 Å². The highest BCUT2D eigenvalue weighted by Gasteiger charge is 2.14. The molecule has 1 aromatic heterocycles. The Morgan fingerprint density at radius 3 is 2.45 bits per heavy atom. The molecule has 0 saturated heterocycles. The SMILES string of the molecule is CCOc1cc(OC(C)C)c2cc(C(=O)O)[nH]c2c1.CNC. The molecule has 122 valence electrons. The van der Waals surface area contributed by atoms with Gasteiger partial charge in [0.15, 0.2) is 0 Å². The smallest absolute Gasteiger partial charge is 0.352 e. The molecule has 1 aromatic carbocycles. The summed E-state index contributed by atoms with van der Waals surface area (Å²) in [6, 6.07) is 5.13. The third-order valence-electron chi connectivity index (χ3n) is 2.58. The summed E-state index contributed by atoms with van der Waals surface area (Å²) in [5.74, 6) is 0.286. The Morgan fingerprint density at radius 1 is 1.32 bits per heavy atom. The molecule has 0 amide bonds. The highest BCUT2D eigenvalue weighted by molar-refractivity contribution is 5.96. The minimum Gasteiger partial charge on any atom is -0.494 e. The molecule has 0 unspecified atom stereocenters. The van der Waals surface area contributed by atoms with Crippen molar-refractivity contribution in [2.24, 2.45) is 0 Å². The molecule has 2 rings (SSSR count). The summed E-state index contributed by atoms with van der Waals surface area (Å²) < 4.78 is 11.2. The second-order valence-corrected chi connectivity index (χ2v) is 4.97. The molecule has 0 fully saturated rings. The Kier molecular flexibility index (Phi) is 6.72. The summed E-state index contributed by atoms with van der Waals surface area (Å²) in [4.78, 5) is 13.9. The molecule has 0 aliphatic rings. The van der Waals surface area contributed by atoms with E-state index >= 15 is 0 Å². The minimum absolute atomic E-state index is 0.00301. The molecule has 22 heavy (non-hydrogen) atoms. The molecule has 0 atom stereocenters. The number of fused-ring (bicyclic) bond motifs is 1. The van der Waals surface area contributed by atoms with E-state index < -0.39 is 5.97 Å². The van der Waals surface area contributed by atoms with Crippen molar-refractivity contribution in [2.75, 3.05) is 20.7 Å². The molecule has 0 radical (unpaired) electrons. The quantitative estimate of drug-likeness (QED) is 0.791. The first-order valence-electron chi connectivity index (χ1n) is 7.20. The molecule has 0 saturated carbocycles. The predicted octanol–water partition coefficient (Wildman–Crippen LogP) is 2.89. The lowest BCUT2D eigenvalue weighted by Gasteiger charge is -2.12. The Labute approximate surface area is 130 Å². The Balaban J connectivity index is 0.000000745. The molecule has 0 aliphatic heterocycles. The lowest BCUT2D eigenvalue weighted by Crippen LogP contribution is -2.06. The van der Waals surface area contributed by atoms with Crippen LogP contribution in [-0.2, 0) is 0 Å². The number of carboxylic acids is 1. The lowest BCUT2D eigenvalue weighted by atomic mass is 10.2. The highest BCUT2D eigenvalue weighted by atomic mass is 16.5. The Hall–Kier alpha value is -2.21. The fourth-order valence-corrected chi connectivity index (χ4v) is 1.90. The summed E-state index contributed by atoms with van der Waals surface area (Å²) >= 11 is 0. The van der Waals surface area contributed by atoms with E-state index in [2.05, 4.69) is 10.3 Å². The standard InChI is InChI=1S/C14H17NO4.C2H7N/c1-4-18-9-5-11-10(7-12(15-11)14(16)17)13(6-9)19-8(2)3;1-3-2/h5-8,15H,4H2,1-3H3,(H,16,17);3H,1-2H3. The maximum atomic E-state index is 11.0. The third-order valence-corrected chi connectivity index (χ3v) is 2.58. The van der Waals surface area contributed by atoms with Crippen LogP contribution in [0.4, 0.5) is 0 Å². The number of aromatic amines is 1. The molecule has 0 aliphatic carbocycles. The molecular weight excluding hydrogens is 284 g/mol. The van der Waals surface area contributed by atoms with Gasteiger partial charge >= 0.3 is 5.97 Å². The predicted molar refractivity (Wildman–Crippen MR) is 87.2 cm³/mol. The number of ether oxygens (including phenoxy) is 2. The molecule has 3 N–H and O–H groups in total. The maximum absolute atomic E-state index is 11.0. The van der Waals surface area contributed by atoms with E-state index in [1.165, 1.54) is 0 Å². The number of aromatic nitrogens is 1. The van der Waals surface area contributed by atoms with E-state index in [-0.39, 0.29) is 11.8 Å². The molecule has 6 heteroatoms. The normalized spacial score (nSPS) is 10.3. The van der Waals surface area contributed by atoms with Crippen LogP contribution in [0.5, 0.6) is 11.5 Å². The first-order chi connectivity index (χ1) is 10.4. The number of H-pyrrole nitrogens is 1. The van der Waals surface area contributed by atoms with Gasteiger partial charge in [-0.25, -0.2) is 4.79 Å². The largest absolute Gasteiger partial charge is 0.494 e. The van der Waals surface area contributed by atoms with Gasteiger partial charge in [-0.3, -0.25) is 0 Å². The van der Waals surface area contributed by atoms with Gasteiger partial charge in [0.05, 0.1) is 18.2 Å². The number of benzene rings is 1. The number of nitrogens with one attached hydrogen (secondary N) is 2. The van der Waals surface area contributed by atoms with Crippen molar-refractivity contribution in [3.05, 3.63) is 23.9 Å². The fraction of sp³-hybridized carbons (Fsp3) is 0.438. The van der Waals surface area contributed by atoms with Gasteiger partial charge in [-0.05, 0) is 40.9 Å². The first kappa shape index (κ1) is 17.8. The van der Waals surface area contributed by atoms with Gasteiger partial charge in [-0.15, -0.1) is 0 Å². The molecule has 6 nitrogen and oxygen atoms in total. The van der Waals surface area contributed by atoms with Crippen molar-refractivity contribution >= 4 is 16.9 Å². The molecular formula is C16H24N2O4. The summed E-state index contributed by atoms with van der Waals surface area (Å²) in [5.41, 5.74) is 0.830. The molecule has 0 bridgehead atoms. The minimum atomic E-state index is -0.996. The van der Waals surface area contributed by atoms with Gasteiger partial charge in [0, 0.05) is 17.5 Å². The first-order valence-corrected chi connectivity index (χ1v) is 7.20. The zero-order valence-corrected chi connectivity index (χ0v) is 13.7. The Morgan fingerprint density at radius 2 is 1.95 bits per heavy atom. The summed E-state index contributed by atoms with van der Waals surface area (Å²) in [5, 5.41) is 12.5. The number of aromatic carboxylic acids is 1. The van der Waals surface area contributed by atoms with Crippen LogP contribution in [0.25, 0.3) is 10.9 Å². The van der Waals surface area contributed by atoms with Gasteiger partial charge < -0.3 is 24.9 Å². The average Bonchev–Trinajstić information content (AvgIpc) is 2.84. The van der Waals surface area contributed by atoms with Gasteiger partial charge in [0.25, 0.3) is 0 Å². The summed E-state index contributed by atoms with van der Waals surface area (Å²) in [6.45, 7) is 6.28. The second-order valence-electron chi connectivity index (χ2n) is 4.97. The van der Waals surface area contributed by atoms with Gasteiger partial charge in [-0.1, -0.05) is 0 Å². The number of rotatable bonds is 5. The van der Waals surface area contributed by atoms with Crippen molar-refractivity contribution in [1.82, 2.24) is 10.3 Å². The topological polar surface area (TPSA) is 83.6 Å². The van der Waals surface area contributed by atoms with Gasteiger partial charge in [-0.2, -0.15) is 0 Å². The highest BCUT2D eigenvalue weighted by Crippen LogP contribution is 2.32. The van der Waals surface area contributed by atoms with Crippen LogP contribution >= 0.6 is 0 Å². The van der Waals surface area contributed by atoms with E-state index in [1.807, 2.05) is 34.9 Å². The summed E-state index contributed by atoms with van der Waals surface area (Å²) in [7, 11) is 3.75. The maximum Gasteiger partial charge on any atom is 0.352 e. The fourth-order valence-electron chi connectivity index (χ4n) is 1.90. The van der Waals surface area contributed by atoms with E-state index in [0.717, 1.165) is 5.39 Å². The van der Waals surface area contributed by atoms with Crippen LogP contribution in [0.15, 0.2) is 18.2 Å². The monoisotopic (exact) mass is 308 g/mol. The van der Waals surface area contributed by atoms with Crippen molar-refractivity contribution in [2.45, 2.75) is 26.9 Å². The van der Waals surface area contributed by atoms with Crippen LogP contribution in [0.1, 0.15) is 31.3 Å². The lowest BCUT2D eigenvalue weighted by molar-refractivity contribution is 0.0691. The number of carboxylic acid groups (broad SMARTS) is 1. The molecule has 2 aromatic rings. The van der Waals surface area contributed by atoms with E-state index in [9.17, 15) is 4.79 Å². The van der Waals surface area contributed by atoms with Crippen molar-refractivity contribution < 1.29 is 19.4 Å². The van der Waals surface area contributed by atoms with Crippen molar-refractivity contribution in [3.8, 4) is 11.5 Å². The van der Waals surface area contributed by atoms with Crippen molar-refractivity contribution in [3.63, 3.8) is 0 Å². The average molecular weight is 308 g/mol. The molecule has 1 heterocycles. The van der Waals surface area contributed by atoms with Gasteiger partial charge in [0.1, 0.15) is 17.2 Å². The van der Waals surface area contributed by atoms with Crippen LogP contribution in [0.3, 0.4) is 0 Å². The number of hydrogen-bond donors (Lipinski definition) is 3. The number of carbonyl (C=O) groups is 1. The van der Waals surface area contributed by atoms with Gasteiger partial charge in [0.2, 0.25) is 0 Å². The Bertz CT molecular complexity index is 620. The zero-order chi connectivity index (χ0) is 16.7. The van der Waals surface area contributed by atoms with Crippen molar-refractivity contribution in [1.29, 1.82) is 0 Å². The third kappa shape index (κ3) is 4.66. The zero-order valence-electron chi connectivity index (χ0n) is 13.7. The number of hydrogen-bond acceptors (Lipinski definition) is 4. The van der Waals surface area contributed by atoms with E-state index in [0.29, 0.717) is 23.6 Å². The van der Waals surface area contributed by atoms with E-state index in [4.69, 9.17) is 14.6 Å². The van der Waals surface area contributed by atoms with Crippen LogP contribution in [0, 0.1) is 0 Å². The van der Waals surface area contributed by atoms with Crippen LogP contribution in [0.2, 0.25) is 0 Å². The van der Waals surface area contributed by atoms with Crippen LogP contribution in [-0.4, -0.2) is 42.9 Å². The molecule has 0 spiro atoms. The van der Waals surface area contributed by atoms with Crippen LogP contribution < -0.4 is 14.8 Å². The second kappa shape index (κ2) is 8.29. The summed E-state index contributed by atoms with van der Waals surface area (Å²) in [6.07, 6.45) is 0.00301.